The number of nitrogens with one attached hydrogen (secondary N) is 1. The number of primary amides is 1. The lowest BCUT2D eigenvalue weighted by Gasteiger charge is -2.36. The molecule has 3 N–H and O–H groups in total. The smallest absolute Gasteiger partial charge is 0.237 e. The number of amides is 1. The molecule has 1 unspecified atom stereocenters. The third kappa shape index (κ3) is 6.00. The number of carbonyl (C=O) groups is 1. The summed E-state index contributed by atoms with van der Waals surface area (Å²) in [5, 5.41) is 4.31. The van der Waals surface area contributed by atoms with E-state index in [1.165, 1.54) is 5.56 Å². The zero-order valence-corrected chi connectivity index (χ0v) is 19.3. The maximum Gasteiger partial charge on any atom is 0.237 e. The molecule has 5 nitrogen and oxygen atoms in total. The van der Waals surface area contributed by atoms with Gasteiger partial charge in [-0.3, -0.25) is 9.69 Å². The number of nitrogens with zero attached hydrogens (tertiary/aromatic N) is 1. The summed E-state index contributed by atoms with van der Waals surface area (Å²) in [5.74, 6) is 0.655. The molecular formula is C25H34ClN3O2. The number of halogens is 1. The van der Waals surface area contributed by atoms with E-state index in [0.717, 1.165) is 61.5 Å². The molecule has 2 atom stereocenters. The van der Waals surface area contributed by atoms with Crippen molar-refractivity contribution in [1.29, 1.82) is 0 Å². The maximum atomic E-state index is 12.6. The summed E-state index contributed by atoms with van der Waals surface area (Å²) in [6, 6.07) is 16.3. The van der Waals surface area contributed by atoms with Gasteiger partial charge >= 0.3 is 0 Å². The van der Waals surface area contributed by atoms with Gasteiger partial charge in [0.15, 0.2) is 0 Å². The van der Waals surface area contributed by atoms with Crippen LogP contribution in [0.15, 0.2) is 48.5 Å². The number of methoxy groups -OCH3 is 1. The highest BCUT2D eigenvalue weighted by Gasteiger charge is 2.45. The van der Waals surface area contributed by atoms with Crippen LogP contribution in [0.2, 0.25) is 5.02 Å². The molecule has 2 aromatic carbocycles. The Morgan fingerprint density at radius 1 is 1.26 bits per heavy atom. The summed E-state index contributed by atoms with van der Waals surface area (Å²) in [4.78, 5) is 14.8. The van der Waals surface area contributed by atoms with E-state index in [4.69, 9.17) is 22.1 Å². The Hall–Kier alpha value is -2.08. The molecule has 31 heavy (non-hydrogen) atoms. The Morgan fingerprint density at radius 2 is 2.00 bits per heavy atom. The molecule has 1 aliphatic rings. The van der Waals surface area contributed by atoms with Gasteiger partial charge in [0.25, 0.3) is 0 Å². The van der Waals surface area contributed by atoms with Crippen molar-refractivity contribution >= 4 is 17.5 Å². The molecule has 0 saturated carbocycles. The third-order valence-electron chi connectivity index (χ3n) is 6.44. The lowest BCUT2D eigenvalue weighted by atomic mass is 9.87. The SMILES string of the molecule is COc1ccc(CNC(C)CCC[C@@]2(C(N)=O)CCCN2Cc2ccccc2Cl)cc1. The fourth-order valence-electron chi connectivity index (χ4n) is 4.52. The van der Waals surface area contributed by atoms with Gasteiger partial charge < -0.3 is 15.8 Å². The summed E-state index contributed by atoms with van der Waals surface area (Å²) in [6.45, 7) is 4.54. The first-order valence-electron chi connectivity index (χ1n) is 11.1. The number of hydrogen-bond acceptors (Lipinski definition) is 4. The topological polar surface area (TPSA) is 67.6 Å². The van der Waals surface area contributed by atoms with Crippen LogP contribution in [0.4, 0.5) is 0 Å². The van der Waals surface area contributed by atoms with Crippen molar-refractivity contribution in [1.82, 2.24) is 10.2 Å². The van der Waals surface area contributed by atoms with Crippen molar-refractivity contribution in [3.05, 3.63) is 64.7 Å². The van der Waals surface area contributed by atoms with Crippen LogP contribution < -0.4 is 15.8 Å². The average Bonchev–Trinajstić information content (AvgIpc) is 3.18. The lowest BCUT2D eigenvalue weighted by molar-refractivity contribution is -0.129. The van der Waals surface area contributed by atoms with Gasteiger partial charge in [-0.2, -0.15) is 0 Å². The van der Waals surface area contributed by atoms with Crippen LogP contribution in [-0.4, -0.2) is 36.0 Å². The number of nitrogens with two attached hydrogens (primary N) is 1. The maximum absolute atomic E-state index is 12.6. The van der Waals surface area contributed by atoms with E-state index in [-0.39, 0.29) is 5.91 Å². The molecule has 1 aliphatic heterocycles. The van der Waals surface area contributed by atoms with Crippen LogP contribution in [0.25, 0.3) is 0 Å². The minimum Gasteiger partial charge on any atom is -0.497 e. The van der Waals surface area contributed by atoms with Crippen molar-refractivity contribution in [2.75, 3.05) is 13.7 Å². The summed E-state index contributed by atoms with van der Waals surface area (Å²) in [5.41, 5.74) is 7.65. The van der Waals surface area contributed by atoms with Gasteiger partial charge in [0.05, 0.1) is 7.11 Å². The van der Waals surface area contributed by atoms with Gasteiger partial charge in [-0.25, -0.2) is 0 Å². The van der Waals surface area contributed by atoms with E-state index in [1.807, 2.05) is 36.4 Å². The van der Waals surface area contributed by atoms with E-state index in [1.54, 1.807) is 7.11 Å². The number of carbonyl (C=O) groups excluding carboxylic acids is 1. The zero-order valence-electron chi connectivity index (χ0n) is 18.6. The van der Waals surface area contributed by atoms with Crippen LogP contribution in [0.3, 0.4) is 0 Å². The van der Waals surface area contributed by atoms with Crippen LogP contribution in [0.5, 0.6) is 5.75 Å². The molecule has 0 aliphatic carbocycles. The molecule has 168 valence electrons. The summed E-state index contributed by atoms with van der Waals surface area (Å²) in [6.07, 6.45) is 4.52. The second kappa shape index (κ2) is 11.0. The van der Waals surface area contributed by atoms with Gasteiger partial charge in [-0.15, -0.1) is 0 Å². The molecule has 6 heteroatoms. The van der Waals surface area contributed by atoms with Crippen molar-refractivity contribution < 1.29 is 9.53 Å². The number of hydrogen-bond donors (Lipinski definition) is 2. The molecule has 3 rings (SSSR count). The predicted octanol–water partition coefficient (Wildman–Crippen LogP) is 4.52. The van der Waals surface area contributed by atoms with Crippen molar-refractivity contribution in [2.24, 2.45) is 5.73 Å². The van der Waals surface area contributed by atoms with Gasteiger partial charge in [0, 0.05) is 24.2 Å². The first-order chi connectivity index (χ1) is 14.9. The fraction of sp³-hybridized carbons (Fsp3) is 0.480. The minimum atomic E-state index is -0.575. The van der Waals surface area contributed by atoms with Gasteiger partial charge in [-0.1, -0.05) is 41.9 Å². The summed E-state index contributed by atoms with van der Waals surface area (Å²) >= 11 is 6.37. The first kappa shape index (κ1) is 23.6. The molecule has 0 radical (unpaired) electrons. The minimum absolute atomic E-state index is 0.212. The van der Waals surface area contributed by atoms with E-state index in [9.17, 15) is 4.79 Å². The van der Waals surface area contributed by atoms with Crippen LogP contribution in [0, 0.1) is 0 Å². The monoisotopic (exact) mass is 443 g/mol. The second-order valence-corrected chi connectivity index (χ2v) is 8.94. The molecule has 1 fully saturated rings. The van der Waals surface area contributed by atoms with E-state index >= 15 is 0 Å². The molecular weight excluding hydrogens is 410 g/mol. The fourth-order valence-corrected chi connectivity index (χ4v) is 4.72. The molecule has 0 spiro atoms. The number of rotatable bonds is 11. The molecule has 1 heterocycles. The Morgan fingerprint density at radius 3 is 2.68 bits per heavy atom. The van der Waals surface area contributed by atoms with Crippen LogP contribution >= 0.6 is 11.6 Å². The Kier molecular flexibility index (Phi) is 8.35. The van der Waals surface area contributed by atoms with Gasteiger partial charge in [0.2, 0.25) is 5.91 Å². The molecule has 1 amide bonds. The number of benzene rings is 2. The molecule has 2 aromatic rings. The van der Waals surface area contributed by atoms with E-state index < -0.39 is 5.54 Å². The van der Waals surface area contributed by atoms with Gasteiger partial charge in [0.1, 0.15) is 11.3 Å². The first-order valence-corrected chi connectivity index (χ1v) is 11.5. The third-order valence-corrected chi connectivity index (χ3v) is 6.81. The van der Waals surface area contributed by atoms with E-state index in [2.05, 4.69) is 29.3 Å². The highest BCUT2D eigenvalue weighted by molar-refractivity contribution is 6.31. The second-order valence-electron chi connectivity index (χ2n) is 8.53. The van der Waals surface area contributed by atoms with Crippen molar-refractivity contribution in [2.45, 2.75) is 63.7 Å². The quantitative estimate of drug-likeness (QED) is 0.535. The summed E-state index contributed by atoms with van der Waals surface area (Å²) < 4.78 is 5.21. The zero-order chi connectivity index (χ0) is 22.3. The number of likely N-dealkylation sites (tertiary alicyclic amines) is 1. The largest absolute Gasteiger partial charge is 0.497 e. The van der Waals surface area contributed by atoms with Gasteiger partial charge in [-0.05, 0) is 74.9 Å². The molecule has 0 aromatic heterocycles. The molecule has 1 saturated heterocycles. The Labute approximate surface area is 190 Å². The molecule has 0 bridgehead atoms. The van der Waals surface area contributed by atoms with Crippen LogP contribution in [-0.2, 0) is 17.9 Å². The normalized spacial score (nSPS) is 20.0. The summed E-state index contributed by atoms with van der Waals surface area (Å²) in [7, 11) is 1.67. The standard InChI is InChI=1S/C25H34ClN3O2/c1-19(28-17-20-10-12-22(31-2)13-11-20)7-5-14-25(24(27)30)15-6-16-29(25)18-21-8-3-4-9-23(21)26/h3-4,8-13,19,28H,5-7,14-18H2,1-2H3,(H2,27,30)/t19?,25-/m0/s1. The van der Waals surface area contributed by atoms with E-state index in [0.29, 0.717) is 12.6 Å². The Balaban J connectivity index is 1.53. The Bertz CT molecular complexity index is 858. The lowest BCUT2D eigenvalue weighted by Crippen LogP contribution is -2.53. The highest BCUT2D eigenvalue weighted by Crippen LogP contribution is 2.36. The predicted molar refractivity (Wildman–Crippen MR) is 126 cm³/mol. The van der Waals surface area contributed by atoms with Crippen molar-refractivity contribution in [3.63, 3.8) is 0 Å². The van der Waals surface area contributed by atoms with Crippen molar-refractivity contribution in [3.8, 4) is 5.75 Å². The van der Waals surface area contributed by atoms with Crippen LogP contribution in [0.1, 0.15) is 50.2 Å². The average molecular weight is 444 g/mol. The number of ether oxygens (including phenoxy) is 1. The highest BCUT2D eigenvalue weighted by atomic mass is 35.5.